The molecule has 1 saturated heterocycles. The van der Waals surface area contributed by atoms with E-state index in [9.17, 15) is 0 Å². The number of aromatic hydroxyl groups is 1. The van der Waals surface area contributed by atoms with Crippen molar-refractivity contribution in [3.05, 3.63) is 29.8 Å². The molecule has 2 N–H and O–H groups in total. The first-order valence-electron chi connectivity index (χ1n) is 4.00. The summed E-state index contributed by atoms with van der Waals surface area (Å²) in [5.41, 5.74) is 1.06. The minimum atomic E-state index is 0.00519. The molecule has 0 saturated carbocycles. The van der Waals surface area contributed by atoms with Gasteiger partial charge in [0.25, 0.3) is 0 Å². The van der Waals surface area contributed by atoms with Crippen molar-refractivity contribution >= 4 is 0 Å². The van der Waals surface area contributed by atoms with E-state index in [4.69, 9.17) is 9.84 Å². The average Bonchev–Trinajstić information content (AvgIpc) is 2.58. The van der Waals surface area contributed by atoms with Crippen LogP contribution in [0.1, 0.15) is 11.8 Å². The molecule has 1 aliphatic rings. The van der Waals surface area contributed by atoms with Crippen molar-refractivity contribution in [3.63, 3.8) is 0 Å². The zero-order chi connectivity index (χ0) is 8.39. The van der Waals surface area contributed by atoms with Gasteiger partial charge in [-0.2, -0.15) is 0 Å². The van der Waals surface area contributed by atoms with Crippen LogP contribution in [0.3, 0.4) is 0 Å². The fraction of sp³-hybridized carbons (Fsp3) is 0.333. The first kappa shape index (κ1) is 7.58. The fourth-order valence-electron chi connectivity index (χ4n) is 1.29. The van der Waals surface area contributed by atoms with Crippen molar-refractivity contribution in [2.24, 2.45) is 0 Å². The van der Waals surface area contributed by atoms with Gasteiger partial charge >= 0.3 is 0 Å². The molecule has 12 heavy (non-hydrogen) atoms. The molecule has 0 spiro atoms. The number of ether oxygens (including phenoxy) is 1. The molecule has 0 aromatic heterocycles. The van der Waals surface area contributed by atoms with Gasteiger partial charge in [-0.25, -0.2) is 0 Å². The van der Waals surface area contributed by atoms with Crippen molar-refractivity contribution in [2.45, 2.75) is 6.23 Å². The van der Waals surface area contributed by atoms with Gasteiger partial charge in [0.05, 0.1) is 6.61 Å². The van der Waals surface area contributed by atoms with E-state index >= 15 is 0 Å². The fourth-order valence-corrected chi connectivity index (χ4v) is 1.29. The molecular formula is C9H11NO2. The van der Waals surface area contributed by atoms with Crippen LogP contribution >= 0.6 is 0 Å². The first-order chi connectivity index (χ1) is 5.86. The molecule has 1 aliphatic heterocycles. The summed E-state index contributed by atoms with van der Waals surface area (Å²) in [5, 5.41) is 12.2. The third kappa shape index (κ3) is 1.42. The molecule has 0 radical (unpaired) electrons. The lowest BCUT2D eigenvalue weighted by Gasteiger charge is -2.09. The number of phenols is 1. The van der Waals surface area contributed by atoms with Crippen LogP contribution in [0.2, 0.25) is 0 Å². The highest BCUT2D eigenvalue weighted by Crippen LogP contribution is 2.19. The van der Waals surface area contributed by atoms with E-state index in [0.29, 0.717) is 0 Å². The van der Waals surface area contributed by atoms with E-state index in [0.717, 1.165) is 18.7 Å². The van der Waals surface area contributed by atoms with Crippen LogP contribution in [-0.2, 0) is 4.74 Å². The van der Waals surface area contributed by atoms with Crippen LogP contribution in [0.25, 0.3) is 0 Å². The average molecular weight is 165 g/mol. The summed E-state index contributed by atoms with van der Waals surface area (Å²) in [7, 11) is 0. The predicted molar refractivity (Wildman–Crippen MR) is 44.8 cm³/mol. The first-order valence-corrected chi connectivity index (χ1v) is 4.00. The second-order valence-corrected chi connectivity index (χ2v) is 2.80. The van der Waals surface area contributed by atoms with Crippen LogP contribution in [0.15, 0.2) is 24.3 Å². The number of rotatable bonds is 1. The molecule has 0 bridgehead atoms. The van der Waals surface area contributed by atoms with Crippen molar-refractivity contribution in [1.29, 1.82) is 0 Å². The Morgan fingerprint density at radius 2 is 2.08 bits per heavy atom. The number of nitrogens with one attached hydrogen (secondary N) is 1. The van der Waals surface area contributed by atoms with Crippen molar-refractivity contribution in [2.75, 3.05) is 13.2 Å². The van der Waals surface area contributed by atoms with Crippen LogP contribution < -0.4 is 5.32 Å². The Balaban J connectivity index is 2.17. The number of hydrogen-bond donors (Lipinski definition) is 2. The van der Waals surface area contributed by atoms with Crippen molar-refractivity contribution in [3.8, 4) is 5.75 Å². The predicted octanol–water partition coefficient (Wildman–Crippen LogP) is 1.01. The third-order valence-electron chi connectivity index (χ3n) is 1.91. The maximum absolute atomic E-state index is 9.04. The van der Waals surface area contributed by atoms with Gasteiger partial charge in [0.2, 0.25) is 0 Å². The molecule has 3 nitrogen and oxygen atoms in total. The smallest absolute Gasteiger partial charge is 0.134 e. The molecular weight excluding hydrogens is 154 g/mol. The summed E-state index contributed by atoms with van der Waals surface area (Å²) in [6.45, 7) is 1.65. The Kier molecular flexibility index (Phi) is 1.98. The maximum atomic E-state index is 9.04. The summed E-state index contributed by atoms with van der Waals surface area (Å²) in [4.78, 5) is 0. The summed E-state index contributed by atoms with van der Waals surface area (Å²) in [6.07, 6.45) is 0.00519. The zero-order valence-corrected chi connectivity index (χ0v) is 6.66. The molecule has 1 atom stereocenters. The normalized spacial score (nSPS) is 22.8. The van der Waals surface area contributed by atoms with Crippen molar-refractivity contribution in [1.82, 2.24) is 5.32 Å². The van der Waals surface area contributed by atoms with Gasteiger partial charge in [0.1, 0.15) is 12.0 Å². The highest BCUT2D eigenvalue weighted by atomic mass is 16.5. The summed E-state index contributed by atoms with van der Waals surface area (Å²) < 4.78 is 5.39. The number of benzene rings is 1. The number of hydrogen-bond acceptors (Lipinski definition) is 3. The minimum Gasteiger partial charge on any atom is -0.508 e. The lowest BCUT2D eigenvalue weighted by molar-refractivity contribution is 0.102. The van der Waals surface area contributed by atoms with E-state index in [2.05, 4.69) is 5.32 Å². The van der Waals surface area contributed by atoms with Crippen LogP contribution in [0.5, 0.6) is 5.75 Å². The standard InChI is InChI=1S/C9H11NO2/c11-8-3-1-7(2-4-8)9-10-5-6-12-9/h1-4,9-11H,5-6H2/t9-/m1/s1. The molecule has 2 rings (SSSR count). The van der Waals surface area contributed by atoms with Gasteiger partial charge in [0.15, 0.2) is 0 Å². The SMILES string of the molecule is Oc1ccc([C@@H]2NCCO2)cc1. The summed E-state index contributed by atoms with van der Waals surface area (Å²) >= 11 is 0. The Morgan fingerprint density at radius 1 is 1.33 bits per heavy atom. The largest absolute Gasteiger partial charge is 0.508 e. The van der Waals surface area contributed by atoms with Crippen LogP contribution in [-0.4, -0.2) is 18.3 Å². The van der Waals surface area contributed by atoms with Gasteiger partial charge in [0, 0.05) is 6.54 Å². The monoisotopic (exact) mass is 165 g/mol. The second kappa shape index (κ2) is 3.13. The number of phenolic OH excluding ortho intramolecular Hbond substituents is 1. The summed E-state index contributed by atoms with van der Waals surface area (Å²) in [5.74, 6) is 0.289. The Hall–Kier alpha value is -1.06. The quantitative estimate of drug-likeness (QED) is 0.652. The Morgan fingerprint density at radius 3 is 2.67 bits per heavy atom. The molecule has 0 unspecified atom stereocenters. The molecule has 64 valence electrons. The van der Waals surface area contributed by atoms with E-state index in [1.807, 2.05) is 12.1 Å². The van der Waals surface area contributed by atoms with Gasteiger partial charge in [-0.1, -0.05) is 12.1 Å². The molecule has 1 aromatic carbocycles. The lowest BCUT2D eigenvalue weighted by Crippen LogP contribution is -2.13. The van der Waals surface area contributed by atoms with Gasteiger partial charge < -0.3 is 9.84 Å². The maximum Gasteiger partial charge on any atom is 0.134 e. The van der Waals surface area contributed by atoms with E-state index < -0.39 is 0 Å². The van der Waals surface area contributed by atoms with Gasteiger partial charge in [-0.3, -0.25) is 5.32 Å². The summed E-state index contributed by atoms with van der Waals surface area (Å²) in [6, 6.07) is 7.05. The van der Waals surface area contributed by atoms with Gasteiger partial charge in [-0.05, 0) is 17.7 Å². The molecule has 0 amide bonds. The molecule has 1 fully saturated rings. The Bertz CT molecular complexity index is 252. The second-order valence-electron chi connectivity index (χ2n) is 2.80. The molecule has 0 aliphatic carbocycles. The molecule has 1 heterocycles. The van der Waals surface area contributed by atoms with E-state index in [1.165, 1.54) is 0 Å². The van der Waals surface area contributed by atoms with Crippen LogP contribution in [0.4, 0.5) is 0 Å². The van der Waals surface area contributed by atoms with E-state index in [-0.39, 0.29) is 12.0 Å². The molecule has 3 heteroatoms. The minimum absolute atomic E-state index is 0.00519. The third-order valence-corrected chi connectivity index (χ3v) is 1.91. The van der Waals surface area contributed by atoms with Crippen molar-refractivity contribution < 1.29 is 9.84 Å². The topological polar surface area (TPSA) is 41.5 Å². The highest BCUT2D eigenvalue weighted by Gasteiger charge is 2.15. The van der Waals surface area contributed by atoms with Gasteiger partial charge in [-0.15, -0.1) is 0 Å². The molecule has 1 aromatic rings. The highest BCUT2D eigenvalue weighted by molar-refractivity contribution is 5.27. The zero-order valence-electron chi connectivity index (χ0n) is 6.66. The van der Waals surface area contributed by atoms with E-state index in [1.54, 1.807) is 12.1 Å². The Labute approximate surface area is 71.0 Å². The lowest BCUT2D eigenvalue weighted by atomic mass is 10.2. The van der Waals surface area contributed by atoms with Crippen LogP contribution in [0, 0.1) is 0 Å².